The van der Waals surface area contributed by atoms with E-state index < -0.39 is 11.7 Å². The minimum atomic E-state index is -0.597. The first-order valence-electron chi connectivity index (χ1n) is 9.31. The molecule has 0 bridgehead atoms. The molecule has 0 spiro atoms. The molecular weight excluding hydrogens is 372 g/mol. The molecular formula is C22H28N2O5. The lowest BCUT2D eigenvalue weighted by molar-refractivity contribution is 0.0635. The molecule has 0 aliphatic carbocycles. The number of anilines is 1. The van der Waals surface area contributed by atoms with Gasteiger partial charge in [0.25, 0.3) is 5.91 Å². The van der Waals surface area contributed by atoms with Crippen molar-refractivity contribution in [3.05, 3.63) is 53.6 Å². The molecule has 0 radical (unpaired) electrons. The van der Waals surface area contributed by atoms with Gasteiger partial charge in [0.05, 0.1) is 14.2 Å². The highest BCUT2D eigenvalue weighted by molar-refractivity contribution is 5.96. The molecule has 0 heterocycles. The molecule has 2 rings (SSSR count). The molecule has 156 valence electrons. The van der Waals surface area contributed by atoms with Crippen molar-refractivity contribution in [2.45, 2.75) is 32.8 Å². The maximum Gasteiger partial charge on any atom is 0.412 e. The number of rotatable bonds is 7. The summed E-state index contributed by atoms with van der Waals surface area (Å²) in [6.45, 7) is 5.78. The normalized spacial score (nSPS) is 10.8. The smallest absolute Gasteiger partial charge is 0.412 e. The van der Waals surface area contributed by atoms with Crippen molar-refractivity contribution in [1.82, 2.24) is 5.32 Å². The second-order valence-electron chi connectivity index (χ2n) is 7.39. The molecule has 2 N–H and O–H groups in total. The fourth-order valence-corrected chi connectivity index (χ4v) is 2.65. The highest BCUT2D eigenvalue weighted by atomic mass is 16.6. The number of hydrogen-bond acceptors (Lipinski definition) is 5. The van der Waals surface area contributed by atoms with Gasteiger partial charge in [0, 0.05) is 17.8 Å². The fourth-order valence-electron chi connectivity index (χ4n) is 2.65. The van der Waals surface area contributed by atoms with Crippen molar-refractivity contribution < 1.29 is 23.8 Å². The Hall–Kier alpha value is -3.22. The van der Waals surface area contributed by atoms with Gasteiger partial charge in [-0.2, -0.15) is 0 Å². The first kappa shape index (κ1) is 22.1. The Morgan fingerprint density at radius 3 is 2.41 bits per heavy atom. The van der Waals surface area contributed by atoms with Crippen molar-refractivity contribution >= 4 is 17.7 Å². The summed E-state index contributed by atoms with van der Waals surface area (Å²) in [6, 6.07) is 12.2. The van der Waals surface area contributed by atoms with Gasteiger partial charge in [-0.05, 0) is 69.2 Å². The molecule has 0 fully saturated rings. The average Bonchev–Trinajstić information content (AvgIpc) is 2.66. The van der Waals surface area contributed by atoms with Gasteiger partial charge >= 0.3 is 6.09 Å². The highest BCUT2D eigenvalue weighted by Crippen LogP contribution is 2.24. The molecule has 7 nitrogen and oxygen atoms in total. The molecule has 0 aliphatic rings. The molecule has 0 saturated carbocycles. The summed E-state index contributed by atoms with van der Waals surface area (Å²) >= 11 is 0. The third-order valence-corrected chi connectivity index (χ3v) is 3.94. The van der Waals surface area contributed by atoms with Crippen LogP contribution in [0.3, 0.4) is 0 Å². The molecule has 0 aliphatic heterocycles. The Bertz CT molecular complexity index is 859. The predicted octanol–water partition coefficient (Wildman–Crippen LogP) is 4.02. The van der Waals surface area contributed by atoms with Gasteiger partial charge in [-0.1, -0.05) is 6.07 Å². The number of amides is 2. The number of ether oxygens (including phenoxy) is 3. The highest BCUT2D eigenvalue weighted by Gasteiger charge is 2.16. The van der Waals surface area contributed by atoms with Crippen molar-refractivity contribution in [2.24, 2.45) is 0 Å². The quantitative estimate of drug-likeness (QED) is 0.733. The van der Waals surface area contributed by atoms with Gasteiger partial charge in [0.1, 0.15) is 17.1 Å². The van der Waals surface area contributed by atoms with Crippen LogP contribution >= 0.6 is 0 Å². The van der Waals surface area contributed by atoms with Gasteiger partial charge < -0.3 is 19.5 Å². The third-order valence-electron chi connectivity index (χ3n) is 3.94. The van der Waals surface area contributed by atoms with Crippen LogP contribution in [0.25, 0.3) is 0 Å². The Balaban J connectivity index is 1.95. The van der Waals surface area contributed by atoms with E-state index in [-0.39, 0.29) is 5.91 Å². The summed E-state index contributed by atoms with van der Waals surface area (Å²) in [7, 11) is 3.21. The van der Waals surface area contributed by atoms with Gasteiger partial charge in [0.2, 0.25) is 0 Å². The van der Waals surface area contributed by atoms with E-state index in [4.69, 9.17) is 14.2 Å². The minimum absolute atomic E-state index is 0.236. The molecule has 2 amide bonds. The van der Waals surface area contributed by atoms with Crippen molar-refractivity contribution in [3.8, 4) is 11.5 Å². The van der Waals surface area contributed by atoms with Crippen LogP contribution in [-0.4, -0.2) is 38.4 Å². The molecule has 2 aromatic carbocycles. The standard InChI is InChI=1S/C22H28N2O5/c1-22(2,3)29-21(26)24-17-8-6-7-16(13-17)20(25)23-12-11-15-14-18(27-4)9-10-19(15)28-5/h6-10,13-14H,11-12H2,1-5H3,(H,23,25)(H,24,26). The van der Waals surface area contributed by atoms with Crippen LogP contribution in [0.5, 0.6) is 11.5 Å². The van der Waals surface area contributed by atoms with Crippen LogP contribution < -0.4 is 20.1 Å². The maximum atomic E-state index is 12.5. The van der Waals surface area contributed by atoms with E-state index in [9.17, 15) is 9.59 Å². The summed E-state index contributed by atoms with van der Waals surface area (Å²) < 4.78 is 15.8. The fraction of sp³-hybridized carbons (Fsp3) is 0.364. The number of carbonyl (C=O) groups excluding carboxylic acids is 2. The lowest BCUT2D eigenvalue weighted by Gasteiger charge is -2.19. The van der Waals surface area contributed by atoms with Crippen LogP contribution in [0.2, 0.25) is 0 Å². The SMILES string of the molecule is COc1ccc(OC)c(CCNC(=O)c2cccc(NC(=O)OC(C)(C)C)c2)c1. The van der Waals surface area contributed by atoms with Crippen molar-refractivity contribution in [2.75, 3.05) is 26.1 Å². The molecule has 2 aromatic rings. The summed E-state index contributed by atoms with van der Waals surface area (Å²) in [5.41, 5.74) is 1.27. The van der Waals surface area contributed by atoms with Crippen LogP contribution in [-0.2, 0) is 11.2 Å². The van der Waals surface area contributed by atoms with Gasteiger partial charge in [-0.15, -0.1) is 0 Å². The second kappa shape index (κ2) is 9.82. The van der Waals surface area contributed by atoms with Gasteiger partial charge in [-0.3, -0.25) is 10.1 Å². The van der Waals surface area contributed by atoms with Crippen molar-refractivity contribution in [1.29, 1.82) is 0 Å². The molecule has 29 heavy (non-hydrogen) atoms. The number of carbonyl (C=O) groups is 2. The Labute approximate surface area is 171 Å². The van der Waals surface area contributed by atoms with Gasteiger partial charge in [0.15, 0.2) is 0 Å². The topological polar surface area (TPSA) is 85.9 Å². The number of benzene rings is 2. The van der Waals surface area contributed by atoms with Crippen LogP contribution in [0.1, 0.15) is 36.7 Å². The Kier molecular flexibility index (Phi) is 7.47. The van der Waals surface area contributed by atoms with E-state index in [1.807, 2.05) is 18.2 Å². The number of hydrogen-bond donors (Lipinski definition) is 2. The monoisotopic (exact) mass is 400 g/mol. The zero-order valence-corrected chi connectivity index (χ0v) is 17.5. The predicted molar refractivity (Wildman–Crippen MR) is 112 cm³/mol. The Morgan fingerprint density at radius 2 is 1.76 bits per heavy atom. The van der Waals surface area contributed by atoms with E-state index in [1.54, 1.807) is 59.3 Å². The first-order valence-corrected chi connectivity index (χ1v) is 9.31. The zero-order valence-electron chi connectivity index (χ0n) is 17.5. The maximum absolute atomic E-state index is 12.5. The largest absolute Gasteiger partial charge is 0.497 e. The van der Waals surface area contributed by atoms with Gasteiger partial charge in [-0.25, -0.2) is 4.79 Å². The number of methoxy groups -OCH3 is 2. The third kappa shape index (κ3) is 7.03. The van der Waals surface area contributed by atoms with E-state index in [0.29, 0.717) is 24.2 Å². The summed E-state index contributed by atoms with van der Waals surface area (Å²) in [5, 5.41) is 5.51. The summed E-state index contributed by atoms with van der Waals surface area (Å²) in [5.74, 6) is 1.23. The van der Waals surface area contributed by atoms with Crippen LogP contribution in [0.4, 0.5) is 10.5 Å². The van der Waals surface area contributed by atoms with E-state index in [2.05, 4.69) is 10.6 Å². The van der Waals surface area contributed by atoms with Crippen LogP contribution in [0, 0.1) is 0 Å². The van der Waals surface area contributed by atoms with Crippen molar-refractivity contribution in [3.63, 3.8) is 0 Å². The van der Waals surface area contributed by atoms with E-state index >= 15 is 0 Å². The lowest BCUT2D eigenvalue weighted by Crippen LogP contribution is -2.28. The van der Waals surface area contributed by atoms with Crippen LogP contribution in [0.15, 0.2) is 42.5 Å². The first-order chi connectivity index (χ1) is 13.7. The Morgan fingerprint density at radius 1 is 1.00 bits per heavy atom. The average molecular weight is 400 g/mol. The second-order valence-corrected chi connectivity index (χ2v) is 7.39. The molecule has 0 unspecified atom stereocenters. The van der Waals surface area contributed by atoms with E-state index in [1.165, 1.54) is 0 Å². The summed E-state index contributed by atoms with van der Waals surface area (Å²) in [6.07, 6.45) is 0.0160. The lowest BCUT2D eigenvalue weighted by atomic mass is 10.1. The molecule has 0 aromatic heterocycles. The minimum Gasteiger partial charge on any atom is -0.497 e. The molecule has 0 saturated heterocycles. The zero-order chi connectivity index (χ0) is 21.4. The summed E-state index contributed by atoms with van der Waals surface area (Å²) in [4.78, 5) is 24.4. The van der Waals surface area contributed by atoms with E-state index in [0.717, 1.165) is 17.1 Å². The molecule has 7 heteroatoms. The molecule has 0 atom stereocenters. The number of nitrogens with one attached hydrogen (secondary N) is 2.